The molecule has 0 aromatic heterocycles. The number of methoxy groups -OCH3 is 1. The molecule has 0 saturated carbocycles. The Bertz CT molecular complexity index is 537. The number of rotatable bonds is 8. The second kappa shape index (κ2) is 9.01. The van der Waals surface area contributed by atoms with Gasteiger partial charge < -0.3 is 19.9 Å². The minimum atomic E-state index is -1.27. The number of hydrogen-bond acceptors (Lipinski definition) is 6. The van der Waals surface area contributed by atoms with Crippen molar-refractivity contribution >= 4 is 11.7 Å². The SMILES string of the molecule is CCOC(=O)[C@@H](Nc1ccc(OC)cc1)[C@H](C(C)C)[C@@H](O)C#N. The summed E-state index contributed by atoms with van der Waals surface area (Å²) in [6, 6.07) is 8.04. The van der Waals surface area contributed by atoms with Gasteiger partial charge in [0.15, 0.2) is 0 Å². The van der Waals surface area contributed by atoms with Gasteiger partial charge in [0.25, 0.3) is 0 Å². The van der Waals surface area contributed by atoms with Crippen LogP contribution in [0.1, 0.15) is 20.8 Å². The largest absolute Gasteiger partial charge is 0.497 e. The van der Waals surface area contributed by atoms with Crippen molar-refractivity contribution in [3.05, 3.63) is 24.3 Å². The second-order valence-electron chi connectivity index (χ2n) is 5.50. The Labute approximate surface area is 137 Å². The highest BCUT2D eigenvalue weighted by Gasteiger charge is 2.37. The molecule has 0 radical (unpaired) electrons. The van der Waals surface area contributed by atoms with Crippen molar-refractivity contribution in [2.75, 3.05) is 19.0 Å². The molecule has 0 bridgehead atoms. The van der Waals surface area contributed by atoms with Crippen LogP contribution >= 0.6 is 0 Å². The number of benzene rings is 1. The van der Waals surface area contributed by atoms with E-state index in [4.69, 9.17) is 14.7 Å². The van der Waals surface area contributed by atoms with E-state index in [0.29, 0.717) is 11.4 Å². The lowest BCUT2D eigenvalue weighted by Crippen LogP contribution is -2.46. The van der Waals surface area contributed by atoms with Crippen molar-refractivity contribution < 1.29 is 19.4 Å². The summed E-state index contributed by atoms with van der Waals surface area (Å²) >= 11 is 0. The molecule has 0 aliphatic rings. The van der Waals surface area contributed by atoms with Gasteiger partial charge in [0.05, 0.1) is 19.8 Å². The zero-order valence-electron chi connectivity index (χ0n) is 13.9. The molecule has 0 aliphatic heterocycles. The topological polar surface area (TPSA) is 91.6 Å². The quantitative estimate of drug-likeness (QED) is 0.563. The van der Waals surface area contributed by atoms with Crippen LogP contribution in [-0.2, 0) is 9.53 Å². The highest BCUT2D eigenvalue weighted by molar-refractivity contribution is 5.80. The fraction of sp³-hybridized carbons (Fsp3) is 0.529. The Morgan fingerprint density at radius 3 is 2.39 bits per heavy atom. The summed E-state index contributed by atoms with van der Waals surface area (Å²) in [6.07, 6.45) is -1.27. The smallest absolute Gasteiger partial charge is 0.328 e. The lowest BCUT2D eigenvalue weighted by molar-refractivity contribution is -0.146. The zero-order chi connectivity index (χ0) is 17.4. The first-order valence-electron chi connectivity index (χ1n) is 7.59. The summed E-state index contributed by atoms with van der Waals surface area (Å²) in [5.41, 5.74) is 0.680. The first kappa shape index (κ1) is 18.8. The Balaban J connectivity index is 3.07. The van der Waals surface area contributed by atoms with Crippen LogP contribution in [0.25, 0.3) is 0 Å². The highest BCUT2D eigenvalue weighted by atomic mass is 16.5. The van der Waals surface area contributed by atoms with Gasteiger partial charge in [-0.25, -0.2) is 4.79 Å². The van der Waals surface area contributed by atoms with Crippen molar-refractivity contribution in [2.45, 2.75) is 32.9 Å². The van der Waals surface area contributed by atoms with Gasteiger partial charge in [-0.3, -0.25) is 0 Å². The van der Waals surface area contributed by atoms with Crippen LogP contribution < -0.4 is 10.1 Å². The van der Waals surface area contributed by atoms with E-state index in [1.54, 1.807) is 38.3 Å². The van der Waals surface area contributed by atoms with Crippen LogP contribution in [0.3, 0.4) is 0 Å². The van der Waals surface area contributed by atoms with Crippen LogP contribution in [0.4, 0.5) is 5.69 Å². The molecule has 23 heavy (non-hydrogen) atoms. The molecule has 0 fully saturated rings. The highest BCUT2D eigenvalue weighted by Crippen LogP contribution is 2.25. The maximum atomic E-state index is 12.3. The van der Waals surface area contributed by atoms with Crippen molar-refractivity contribution in [3.8, 4) is 11.8 Å². The average Bonchev–Trinajstić information content (AvgIpc) is 2.54. The monoisotopic (exact) mass is 320 g/mol. The van der Waals surface area contributed by atoms with E-state index in [1.807, 2.05) is 19.9 Å². The minimum absolute atomic E-state index is 0.0928. The molecule has 1 aromatic carbocycles. The molecule has 0 amide bonds. The van der Waals surface area contributed by atoms with Gasteiger partial charge in [-0.15, -0.1) is 0 Å². The molecule has 2 N–H and O–H groups in total. The van der Waals surface area contributed by atoms with Crippen molar-refractivity contribution in [2.24, 2.45) is 11.8 Å². The number of ether oxygens (including phenoxy) is 2. The summed E-state index contributed by atoms with van der Waals surface area (Å²) in [6.45, 7) is 5.65. The number of carbonyl (C=O) groups excluding carboxylic acids is 1. The Hall–Kier alpha value is -2.26. The predicted molar refractivity (Wildman–Crippen MR) is 87.0 cm³/mol. The number of anilines is 1. The first-order valence-corrected chi connectivity index (χ1v) is 7.59. The third-order valence-corrected chi connectivity index (χ3v) is 3.60. The van der Waals surface area contributed by atoms with Crippen molar-refractivity contribution in [1.29, 1.82) is 5.26 Å². The molecule has 6 nitrogen and oxygen atoms in total. The van der Waals surface area contributed by atoms with Gasteiger partial charge in [0.2, 0.25) is 0 Å². The molecule has 1 aromatic rings. The van der Waals surface area contributed by atoms with Crippen molar-refractivity contribution in [3.63, 3.8) is 0 Å². The molecular formula is C17H24N2O4. The lowest BCUT2D eigenvalue weighted by Gasteiger charge is -2.30. The number of hydrogen-bond donors (Lipinski definition) is 2. The van der Waals surface area contributed by atoms with Gasteiger partial charge >= 0.3 is 5.97 Å². The molecule has 0 spiro atoms. The van der Waals surface area contributed by atoms with Crippen molar-refractivity contribution in [1.82, 2.24) is 0 Å². The maximum absolute atomic E-state index is 12.3. The molecule has 0 heterocycles. The standard InChI is InChI=1S/C17H24N2O4/c1-5-23-17(21)16(15(11(2)3)14(20)10-18)19-12-6-8-13(22-4)9-7-12/h6-9,11,14-16,19-20H,5H2,1-4H3/t14-,15+,16-/m0/s1. The van der Waals surface area contributed by atoms with Crippen LogP contribution in [0, 0.1) is 23.2 Å². The fourth-order valence-electron chi connectivity index (χ4n) is 2.43. The van der Waals surface area contributed by atoms with Gasteiger partial charge in [-0.2, -0.15) is 5.26 Å². The van der Waals surface area contributed by atoms with E-state index in [1.165, 1.54) is 0 Å². The summed E-state index contributed by atoms with van der Waals surface area (Å²) in [7, 11) is 1.57. The zero-order valence-corrected chi connectivity index (χ0v) is 13.9. The second-order valence-corrected chi connectivity index (χ2v) is 5.50. The van der Waals surface area contributed by atoms with Gasteiger partial charge in [-0.05, 0) is 37.1 Å². The van der Waals surface area contributed by atoms with E-state index in [2.05, 4.69) is 5.32 Å². The summed E-state index contributed by atoms with van der Waals surface area (Å²) in [4.78, 5) is 12.3. The maximum Gasteiger partial charge on any atom is 0.328 e. The predicted octanol–water partition coefficient (Wildman–Crippen LogP) is 2.20. The molecule has 0 aliphatic carbocycles. The normalized spacial score (nSPS) is 14.5. The molecule has 0 saturated heterocycles. The summed E-state index contributed by atoms with van der Waals surface area (Å²) in [5.74, 6) is -0.483. The third-order valence-electron chi connectivity index (χ3n) is 3.60. The van der Waals surface area contributed by atoms with Gasteiger partial charge in [-0.1, -0.05) is 13.8 Å². The van der Waals surface area contributed by atoms with Crippen LogP contribution in [0.5, 0.6) is 5.75 Å². The van der Waals surface area contributed by atoms with Gasteiger partial charge in [0.1, 0.15) is 17.9 Å². The Morgan fingerprint density at radius 2 is 1.96 bits per heavy atom. The number of nitrogens with one attached hydrogen (secondary N) is 1. The van der Waals surface area contributed by atoms with Crippen LogP contribution in [-0.4, -0.2) is 36.9 Å². The fourth-order valence-corrected chi connectivity index (χ4v) is 2.43. The third kappa shape index (κ3) is 5.15. The van der Waals surface area contributed by atoms with Gasteiger partial charge in [0, 0.05) is 11.6 Å². The summed E-state index contributed by atoms with van der Waals surface area (Å²) < 4.78 is 10.2. The number of aliphatic hydroxyl groups excluding tert-OH is 1. The number of aliphatic hydroxyl groups is 1. The Kier molecular flexibility index (Phi) is 7.36. The molecule has 1 rings (SSSR count). The Morgan fingerprint density at radius 1 is 1.35 bits per heavy atom. The number of esters is 1. The number of nitriles is 1. The molecule has 6 heteroatoms. The van der Waals surface area contributed by atoms with Crippen LogP contribution in [0.2, 0.25) is 0 Å². The molecule has 3 atom stereocenters. The number of carbonyl (C=O) groups is 1. The van der Waals surface area contributed by atoms with E-state index in [9.17, 15) is 9.90 Å². The van der Waals surface area contributed by atoms with E-state index < -0.39 is 24.0 Å². The number of nitrogens with zero attached hydrogens (tertiary/aromatic N) is 1. The lowest BCUT2D eigenvalue weighted by atomic mass is 9.84. The van der Waals surface area contributed by atoms with E-state index in [-0.39, 0.29) is 12.5 Å². The molecule has 126 valence electrons. The summed E-state index contributed by atoms with van der Waals surface area (Å²) in [5, 5.41) is 22.1. The van der Waals surface area contributed by atoms with E-state index >= 15 is 0 Å². The molecule has 0 unspecified atom stereocenters. The first-order chi connectivity index (χ1) is 10.9. The average molecular weight is 320 g/mol. The van der Waals surface area contributed by atoms with Crippen LogP contribution in [0.15, 0.2) is 24.3 Å². The molecular weight excluding hydrogens is 296 g/mol. The van der Waals surface area contributed by atoms with E-state index in [0.717, 1.165) is 0 Å². The minimum Gasteiger partial charge on any atom is -0.497 e.